The largest absolute Gasteiger partial charge is 0.207 e. The Bertz CT molecular complexity index is 248. The summed E-state index contributed by atoms with van der Waals surface area (Å²) in [5, 5.41) is 0. The highest BCUT2D eigenvalue weighted by Crippen LogP contribution is 2.20. The molecule has 0 radical (unpaired) electrons. The predicted octanol–water partition coefficient (Wildman–Crippen LogP) is 3.48. The Labute approximate surface area is 71.2 Å². The molecule has 0 aliphatic carbocycles. The van der Waals surface area contributed by atoms with Crippen molar-refractivity contribution in [1.82, 2.24) is 0 Å². The van der Waals surface area contributed by atoms with Gasteiger partial charge in [-0.3, -0.25) is 0 Å². The van der Waals surface area contributed by atoms with Gasteiger partial charge in [0.1, 0.15) is 11.6 Å². The van der Waals surface area contributed by atoms with Crippen LogP contribution in [0.3, 0.4) is 0 Å². The molecule has 0 nitrogen and oxygen atoms in total. The van der Waals surface area contributed by atoms with E-state index in [2.05, 4.69) is 0 Å². The molecule has 2 heteroatoms. The highest BCUT2D eigenvalue weighted by molar-refractivity contribution is 5.21. The van der Waals surface area contributed by atoms with Crippen LogP contribution in [0.5, 0.6) is 0 Å². The van der Waals surface area contributed by atoms with E-state index in [4.69, 9.17) is 0 Å². The monoisotopic (exact) mass is 170 g/mol. The number of hydrogen-bond donors (Lipinski definition) is 0. The van der Waals surface area contributed by atoms with Gasteiger partial charge in [0, 0.05) is 6.07 Å². The molecule has 1 aromatic carbocycles. The van der Waals surface area contributed by atoms with Crippen molar-refractivity contribution in [1.29, 1.82) is 0 Å². The molecule has 0 fully saturated rings. The van der Waals surface area contributed by atoms with Crippen LogP contribution in [-0.4, -0.2) is 0 Å². The fourth-order valence-electron chi connectivity index (χ4n) is 1.10. The van der Waals surface area contributed by atoms with Crippen LogP contribution in [0, 0.1) is 11.6 Å². The topological polar surface area (TPSA) is 0 Å². The van der Waals surface area contributed by atoms with Gasteiger partial charge < -0.3 is 0 Å². The molecule has 0 saturated carbocycles. The molecular formula is C10H12F2. The standard InChI is InChI=1S/C10H12F2/c1-3-7(2)8-4-9(11)6-10(12)5-8/h4-7H,3H2,1-2H3/t7-/m1/s1. The van der Waals surface area contributed by atoms with Gasteiger partial charge >= 0.3 is 0 Å². The lowest BCUT2D eigenvalue weighted by molar-refractivity contribution is 0.573. The Kier molecular flexibility index (Phi) is 2.79. The third-order valence-corrected chi connectivity index (χ3v) is 2.07. The summed E-state index contributed by atoms with van der Waals surface area (Å²) < 4.78 is 25.4. The Hall–Kier alpha value is -0.920. The van der Waals surface area contributed by atoms with E-state index in [0.29, 0.717) is 0 Å². The first-order chi connectivity index (χ1) is 5.63. The molecule has 12 heavy (non-hydrogen) atoms. The molecule has 1 rings (SSSR count). The molecule has 0 amide bonds. The summed E-state index contributed by atoms with van der Waals surface area (Å²) in [7, 11) is 0. The molecule has 0 N–H and O–H groups in total. The average molecular weight is 170 g/mol. The first-order valence-corrected chi connectivity index (χ1v) is 4.09. The van der Waals surface area contributed by atoms with Crippen LogP contribution in [0.25, 0.3) is 0 Å². The molecule has 0 aliphatic rings. The van der Waals surface area contributed by atoms with E-state index in [9.17, 15) is 8.78 Å². The molecule has 1 aromatic rings. The van der Waals surface area contributed by atoms with Gasteiger partial charge in [-0.2, -0.15) is 0 Å². The minimum atomic E-state index is -0.495. The second kappa shape index (κ2) is 3.65. The molecule has 0 saturated heterocycles. The summed E-state index contributed by atoms with van der Waals surface area (Å²) in [6.45, 7) is 3.95. The van der Waals surface area contributed by atoms with E-state index in [-0.39, 0.29) is 5.92 Å². The summed E-state index contributed by atoms with van der Waals surface area (Å²) >= 11 is 0. The highest BCUT2D eigenvalue weighted by atomic mass is 19.1. The van der Waals surface area contributed by atoms with Crippen molar-refractivity contribution in [2.45, 2.75) is 26.2 Å². The Morgan fingerprint density at radius 2 is 1.67 bits per heavy atom. The zero-order valence-electron chi connectivity index (χ0n) is 7.27. The van der Waals surface area contributed by atoms with Crippen LogP contribution >= 0.6 is 0 Å². The quantitative estimate of drug-likeness (QED) is 0.637. The molecule has 0 bridgehead atoms. The Balaban J connectivity index is 3.00. The van der Waals surface area contributed by atoms with E-state index in [1.807, 2.05) is 13.8 Å². The van der Waals surface area contributed by atoms with E-state index in [1.165, 1.54) is 12.1 Å². The predicted molar refractivity (Wildman–Crippen MR) is 45.1 cm³/mol. The lowest BCUT2D eigenvalue weighted by Gasteiger charge is -2.08. The van der Waals surface area contributed by atoms with Gasteiger partial charge in [0.25, 0.3) is 0 Å². The third kappa shape index (κ3) is 2.03. The lowest BCUT2D eigenvalue weighted by atomic mass is 9.99. The van der Waals surface area contributed by atoms with Crippen molar-refractivity contribution < 1.29 is 8.78 Å². The van der Waals surface area contributed by atoms with Gasteiger partial charge in [-0.05, 0) is 30.0 Å². The van der Waals surface area contributed by atoms with Gasteiger partial charge in [0.15, 0.2) is 0 Å². The fourth-order valence-corrected chi connectivity index (χ4v) is 1.10. The maximum atomic E-state index is 12.7. The van der Waals surface area contributed by atoms with Gasteiger partial charge in [0.05, 0.1) is 0 Å². The molecule has 1 atom stereocenters. The first-order valence-electron chi connectivity index (χ1n) is 4.09. The van der Waals surface area contributed by atoms with E-state index in [0.717, 1.165) is 18.1 Å². The minimum Gasteiger partial charge on any atom is -0.207 e. The molecule has 0 spiro atoms. The van der Waals surface area contributed by atoms with Gasteiger partial charge in [-0.15, -0.1) is 0 Å². The van der Waals surface area contributed by atoms with E-state index < -0.39 is 11.6 Å². The zero-order chi connectivity index (χ0) is 9.14. The minimum absolute atomic E-state index is 0.218. The third-order valence-electron chi connectivity index (χ3n) is 2.07. The smallest absolute Gasteiger partial charge is 0.126 e. The summed E-state index contributed by atoms with van der Waals surface area (Å²) in [4.78, 5) is 0. The van der Waals surface area contributed by atoms with E-state index >= 15 is 0 Å². The lowest BCUT2D eigenvalue weighted by Crippen LogP contribution is -1.93. The first kappa shape index (κ1) is 9.17. The van der Waals surface area contributed by atoms with Crippen molar-refractivity contribution in [3.8, 4) is 0 Å². The summed E-state index contributed by atoms with van der Waals surface area (Å²) in [6.07, 6.45) is 0.892. The number of benzene rings is 1. The summed E-state index contributed by atoms with van der Waals surface area (Å²) in [6, 6.07) is 3.67. The molecule has 0 unspecified atom stereocenters. The van der Waals surface area contributed by atoms with Crippen molar-refractivity contribution in [2.75, 3.05) is 0 Å². The SMILES string of the molecule is CC[C@@H](C)c1cc(F)cc(F)c1. The number of rotatable bonds is 2. The average Bonchev–Trinajstić information content (AvgIpc) is 2.01. The van der Waals surface area contributed by atoms with Crippen LogP contribution in [0.2, 0.25) is 0 Å². The highest BCUT2D eigenvalue weighted by Gasteiger charge is 2.05. The summed E-state index contributed by atoms with van der Waals surface area (Å²) in [5.41, 5.74) is 0.731. The normalized spacial score (nSPS) is 13.0. The maximum absolute atomic E-state index is 12.7. The molecule has 0 aliphatic heterocycles. The van der Waals surface area contributed by atoms with Crippen molar-refractivity contribution in [3.05, 3.63) is 35.4 Å². The second-order valence-electron chi connectivity index (χ2n) is 3.01. The maximum Gasteiger partial charge on any atom is 0.126 e. The zero-order valence-corrected chi connectivity index (χ0v) is 7.27. The van der Waals surface area contributed by atoms with Crippen LogP contribution < -0.4 is 0 Å². The van der Waals surface area contributed by atoms with Crippen molar-refractivity contribution >= 4 is 0 Å². The number of hydrogen-bond acceptors (Lipinski definition) is 0. The van der Waals surface area contributed by atoms with Gasteiger partial charge in [-0.25, -0.2) is 8.78 Å². The van der Waals surface area contributed by atoms with Crippen LogP contribution in [-0.2, 0) is 0 Å². The van der Waals surface area contributed by atoms with Crippen molar-refractivity contribution in [3.63, 3.8) is 0 Å². The summed E-state index contributed by atoms with van der Waals surface area (Å²) in [5.74, 6) is -0.772. The van der Waals surface area contributed by atoms with Gasteiger partial charge in [0.2, 0.25) is 0 Å². The fraction of sp³-hybridized carbons (Fsp3) is 0.400. The van der Waals surface area contributed by atoms with Crippen LogP contribution in [0.4, 0.5) is 8.78 Å². The molecule has 0 heterocycles. The Morgan fingerprint density at radius 1 is 1.17 bits per heavy atom. The number of halogens is 2. The van der Waals surface area contributed by atoms with Crippen molar-refractivity contribution in [2.24, 2.45) is 0 Å². The Morgan fingerprint density at radius 3 is 2.08 bits per heavy atom. The van der Waals surface area contributed by atoms with Gasteiger partial charge in [-0.1, -0.05) is 13.8 Å². The molecule has 66 valence electrons. The molecular weight excluding hydrogens is 158 g/mol. The second-order valence-corrected chi connectivity index (χ2v) is 3.01. The van der Waals surface area contributed by atoms with E-state index in [1.54, 1.807) is 0 Å². The van der Waals surface area contributed by atoms with Crippen LogP contribution in [0.1, 0.15) is 31.7 Å². The molecule has 0 aromatic heterocycles. The van der Waals surface area contributed by atoms with Crippen LogP contribution in [0.15, 0.2) is 18.2 Å².